The number of hydrogen-bond acceptors (Lipinski definition) is 2. The first-order chi connectivity index (χ1) is 12.5. The Kier molecular flexibility index (Phi) is 2.89. The van der Waals surface area contributed by atoms with Crippen LogP contribution in [0, 0.1) is 11.6 Å². The third-order valence-electron chi connectivity index (χ3n) is 4.91. The van der Waals surface area contributed by atoms with Crippen LogP contribution in [-0.2, 0) is 0 Å². The van der Waals surface area contributed by atoms with Crippen LogP contribution < -0.4 is 0 Å². The van der Waals surface area contributed by atoms with Gasteiger partial charge in [-0.1, -0.05) is 30.3 Å². The van der Waals surface area contributed by atoms with Crippen LogP contribution in [0.4, 0.5) is 8.78 Å². The molecule has 0 radical (unpaired) electrons. The van der Waals surface area contributed by atoms with Gasteiger partial charge in [-0.2, -0.15) is 0 Å². The van der Waals surface area contributed by atoms with E-state index >= 15 is 0 Å². The van der Waals surface area contributed by atoms with Crippen molar-refractivity contribution in [3.63, 3.8) is 0 Å². The second kappa shape index (κ2) is 5.05. The summed E-state index contributed by atoms with van der Waals surface area (Å²) in [5, 5.41) is 2.08. The molecule has 0 aliphatic heterocycles. The van der Waals surface area contributed by atoms with Gasteiger partial charge in [0.1, 0.15) is 0 Å². The summed E-state index contributed by atoms with van der Waals surface area (Å²) in [4.78, 5) is 25.9. The molecule has 0 spiro atoms. The van der Waals surface area contributed by atoms with Gasteiger partial charge >= 0.3 is 0 Å². The van der Waals surface area contributed by atoms with Gasteiger partial charge in [0, 0.05) is 27.6 Å². The summed E-state index contributed by atoms with van der Waals surface area (Å²) < 4.78 is 27.7. The molecule has 0 N–H and O–H groups in total. The van der Waals surface area contributed by atoms with Crippen LogP contribution >= 0.6 is 0 Å². The van der Waals surface area contributed by atoms with Crippen LogP contribution in [0.2, 0.25) is 0 Å². The molecular formula is C22H10F2O2. The summed E-state index contributed by atoms with van der Waals surface area (Å²) in [6.45, 7) is 0. The van der Waals surface area contributed by atoms with E-state index in [0.717, 1.165) is 16.8 Å². The highest BCUT2D eigenvalue weighted by atomic mass is 19.2. The molecule has 0 aromatic heterocycles. The highest BCUT2D eigenvalue weighted by molar-refractivity contribution is 6.30. The molecule has 0 saturated carbocycles. The Morgan fingerprint density at radius 3 is 1.65 bits per heavy atom. The third-order valence-corrected chi connectivity index (χ3v) is 4.91. The van der Waals surface area contributed by atoms with Gasteiger partial charge in [0.25, 0.3) is 0 Å². The SMILES string of the molecule is O=C1c2cc3ccccc3cc2C(=O)c2cc3c(F)c(F)ccc3cc21. The predicted octanol–water partition coefficient (Wildman–Crippen LogP) is 5.05. The molecule has 0 bridgehead atoms. The Hall–Kier alpha value is -3.40. The maximum atomic E-state index is 14.1. The van der Waals surface area contributed by atoms with Crippen molar-refractivity contribution >= 4 is 33.1 Å². The molecule has 0 amide bonds. The summed E-state index contributed by atoms with van der Waals surface area (Å²) in [5.41, 5.74) is 0.951. The van der Waals surface area contributed by atoms with Gasteiger partial charge in [-0.25, -0.2) is 8.78 Å². The van der Waals surface area contributed by atoms with Crippen LogP contribution in [0.5, 0.6) is 0 Å². The van der Waals surface area contributed by atoms with Crippen molar-refractivity contribution in [3.05, 3.63) is 94.6 Å². The van der Waals surface area contributed by atoms with Crippen LogP contribution in [0.3, 0.4) is 0 Å². The Morgan fingerprint density at radius 1 is 0.577 bits per heavy atom. The molecule has 0 heterocycles. The molecule has 26 heavy (non-hydrogen) atoms. The maximum Gasteiger partial charge on any atom is 0.194 e. The Labute approximate surface area is 146 Å². The van der Waals surface area contributed by atoms with Crippen LogP contribution in [0.15, 0.2) is 60.7 Å². The van der Waals surface area contributed by atoms with Crippen LogP contribution in [-0.4, -0.2) is 11.6 Å². The second-order valence-corrected chi connectivity index (χ2v) is 6.38. The van der Waals surface area contributed by atoms with Gasteiger partial charge in [0.05, 0.1) is 0 Å². The summed E-state index contributed by atoms with van der Waals surface area (Å²) in [6, 6.07) is 16.0. The highest BCUT2D eigenvalue weighted by Crippen LogP contribution is 2.34. The van der Waals surface area contributed by atoms with E-state index in [2.05, 4.69) is 0 Å². The maximum absolute atomic E-state index is 14.1. The van der Waals surface area contributed by atoms with E-state index in [0.29, 0.717) is 10.9 Å². The average Bonchev–Trinajstić information content (AvgIpc) is 2.67. The Morgan fingerprint density at radius 2 is 1.08 bits per heavy atom. The second-order valence-electron chi connectivity index (χ2n) is 6.38. The third kappa shape index (κ3) is 1.90. The van der Waals surface area contributed by atoms with Crippen molar-refractivity contribution in [2.24, 2.45) is 0 Å². The van der Waals surface area contributed by atoms with Gasteiger partial charge < -0.3 is 0 Å². The lowest BCUT2D eigenvalue weighted by Crippen LogP contribution is -2.21. The minimum absolute atomic E-state index is 0.00543. The smallest absolute Gasteiger partial charge is 0.194 e. The number of halogens is 2. The molecule has 0 atom stereocenters. The average molecular weight is 344 g/mol. The summed E-state index contributed by atoms with van der Waals surface area (Å²) in [7, 11) is 0. The standard InChI is InChI=1S/C22H10F2O2/c23-19-6-5-13-9-17-18(10-14(13)20(19)24)22(26)16-8-12-4-2-1-3-11(12)7-15(16)21(17)25/h1-10H. The van der Waals surface area contributed by atoms with Crippen molar-refractivity contribution in [1.82, 2.24) is 0 Å². The lowest BCUT2D eigenvalue weighted by atomic mass is 9.81. The van der Waals surface area contributed by atoms with Crippen LogP contribution in [0.25, 0.3) is 21.5 Å². The number of rotatable bonds is 0. The summed E-state index contributed by atoms with van der Waals surface area (Å²) in [5.74, 6) is -2.65. The van der Waals surface area contributed by atoms with Crippen molar-refractivity contribution < 1.29 is 18.4 Å². The molecule has 124 valence electrons. The predicted molar refractivity (Wildman–Crippen MR) is 94.7 cm³/mol. The minimum Gasteiger partial charge on any atom is -0.289 e. The molecule has 0 unspecified atom stereocenters. The van der Waals surface area contributed by atoms with Gasteiger partial charge in [-0.15, -0.1) is 0 Å². The molecule has 0 fully saturated rings. The molecule has 4 aromatic carbocycles. The van der Waals surface area contributed by atoms with E-state index in [9.17, 15) is 18.4 Å². The fraction of sp³-hybridized carbons (Fsp3) is 0. The summed E-state index contributed by atoms with van der Waals surface area (Å²) in [6.07, 6.45) is 0. The molecule has 4 aromatic rings. The van der Waals surface area contributed by atoms with Crippen molar-refractivity contribution in [2.75, 3.05) is 0 Å². The quantitative estimate of drug-likeness (QED) is 0.394. The van der Waals surface area contributed by atoms with E-state index in [1.54, 1.807) is 12.1 Å². The Balaban J connectivity index is 1.84. The zero-order valence-corrected chi connectivity index (χ0v) is 13.3. The molecule has 5 rings (SSSR count). The largest absolute Gasteiger partial charge is 0.289 e. The number of ketones is 2. The number of benzene rings is 4. The molecule has 2 nitrogen and oxygen atoms in total. The van der Waals surface area contributed by atoms with E-state index in [4.69, 9.17) is 0 Å². The number of carbonyl (C=O) groups excluding carboxylic acids is 2. The van der Waals surface area contributed by atoms with Gasteiger partial charge in [-0.3, -0.25) is 9.59 Å². The van der Waals surface area contributed by atoms with E-state index < -0.39 is 11.6 Å². The van der Waals surface area contributed by atoms with E-state index in [-0.39, 0.29) is 33.6 Å². The van der Waals surface area contributed by atoms with Crippen molar-refractivity contribution in [3.8, 4) is 0 Å². The van der Waals surface area contributed by atoms with Crippen LogP contribution in [0.1, 0.15) is 31.8 Å². The molecule has 1 aliphatic carbocycles. The first-order valence-electron chi connectivity index (χ1n) is 8.08. The number of carbonyl (C=O) groups is 2. The van der Waals surface area contributed by atoms with Crippen molar-refractivity contribution in [1.29, 1.82) is 0 Å². The lowest BCUT2D eigenvalue weighted by molar-refractivity contribution is 0.0979. The molecule has 1 aliphatic rings. The zero-order chi connectivity index (χ0) is 18.0. The number of fused-ring (bicyclic) bond motifs is 4. The minimum atomic E-state index is -1.02. The first-order valence-corrected chi connectivity index (χ1v) is 8.08. The van der Waals surface area contributed by atoms with Gasteiger partial charge in [-0.05, 0) is 46.5 Å². The van der Waals surface area contributed by atoms with Gasteiger partial charge in [0.15, 0.2) is 23.2 Å². The molecular weight excluding hydrogens is 334 g/mol. The molecule has 0 saturated heterocycles. The molecule has 4 heteroatoms. The zero-order valence-electron chi connectivity index (χ0n) is 13.3. The fourth-order valence-electron chi connectivity index (χ4n) is 3.59. The lowest BCUT2D eigenvalue weighted by Gasteiger charge is -2.19. The van der Waals surface area contributed by atoms with Crippen molar-refractivity contribution in [2.45, 2.75) is 0 Å². The number of hydrogen-bond donors (Lipinski definition) is 0. The first kappa shape index (κ1) is 14.9. The monoisotopic (exact) mass is 344 g/mol. The topological polar surface area (TPSA) is 34.1 Å². The fourth-order valence-corrected chi connectivity index (χ4v) is 3.59. The summed E-state index contributed by atoms with van der Waals surface area (Å²) >= 11 is 0. The normalized spacial score (nSPS) is 13.2. The highest BCUT2D eigenvalue weighted by Gasteiger charge is 2.31. The van der Waals surface area contributed by atoms with E-state index in [1.165, 1.54) is 18.2 Å². The Bertz CT molecular complexity index is 1290. The van der Waals surface area contributed by atoms with E-state index in [1.807, 2.05) is 24.3 Å². The van der Waals surface area contributed by atoms with Gasteiger partial charge in [0.2, 0.25) is 0 Å².